The van der Waals surface area contributed by atoms with Crippen LogP contribution < -0.4 is 10.1 Å². The normalized spacial score (nSPS) is 17.3. The van der Waals surface area contributed by atoms with E-state index in [1.807, 2.05) is 0 Å². The maximum Gasteiger partial charge on any atom is 0.341 e. The molecule has 1 aromatic carbocycles. The first-order chi connectivity index (χ1) is 15.8. The fourth-order valence-corrected chi connectivity index (χ4v) is 7.19. The summed E-state index contributed by atoms with van der Waals surface area (Å²) < 4.78 is 37.4. The zero-order valence-corrected chi connectivity index (χ0v) is 20.4. The number of nitrogens with one attached hydrogen (secondary N) is 1. The lowest BCUT2D eigenvalue weighted by molar-refractivity contribution is -0.120. The molecule has 0 spiro atoms. The van der Waals surface area contributed by atoms with Gasteiger partial charge in [-0.15, -0.1) is 11.3 Å². The second-order valence-corrected chi connectivity index (χ2v) is 11.3. The van der Waals surface area contributed by atoms with Gasteiger partial charge in [-0.1, -0.05) is 0 Å². The summed E-state index contributed by atoms with van der Waals surface area (Å²) in [6.07, 6.45) is 4.64. The molecule has 8 nitrogen and oxygen atoms in total. The summed E-state index contributed by atoms with van der Waals surface area (Å²) in [5, 5.41) is 3.50. The fourth-order valence-electron chi connectivity index (χ4n) is 4.44. The SMILES string of the molecule is COC(=O)c1c(NC(=O)C2CCN(S(=O)(=O)c3ccc(OC)cc3)CC2)sc2c1CCCC2. The van der Waals surface area contributed by atoms with E-state index in [0.29, 0.717) is 29.2 Å². The van der Waals surface area contributed by atoms with Gasteiger partial charge in [0.25, 0.3) is 0 Å². The number of rotatable bonds is 6. The fraction of sp³-hybridized carbons (Fsp3) is 0.478. The Kier molecular flexibility index (Phi) is 7.06. The number of piperidine rings is 1. The number of esters is 1. The molecule has 1 saturated heterocycles. The average molecular weight is 493 g/mol. The number of methoxy groups -OCH3 is 2. The molecule has 1 aromatic heterocycles. The van der Waals surface area contributed by atoms with Crippen molar-refractivity contribution in [1.82, 2.24) is 4.31 Å². The minimum atomic E-state index is -3.63. The lowest BCUT2D eigenvalue weighted by atomic mass is 9.95. The van der Waals surface area contributed by atoms with Gasteiger partial charge in [-0.2, -0.15) is 4.31 Å². The first-order valence-corrected chi connectivity index (χ1v) is 13.3. The Labute approximate surface area is 197 Å². The maximum absolute atomic E-state index is 13.0. The number of carbonyl (C=O) groups excluding carboxylic acids is 2. The van der Waals surface area contributed by atoms with Crippen molar-refractivity contribution >= 4 is 38.2 Å². The smallest absolute Gasteiger partial charge is 0.341 e. The predicted molar refractivity (Wildman–Crippen MR) is 125 cm³/mol. The van der Waals surface area contributed by atoms with Crippen molar-refractivity contribution in [3.05, 3.63) is 40.3 Å². The third-order valence-corrected chi connectivity index (χ3v) is 9.44. The Morgan fingerprint density at radius 2 is 1.73 bits per heavy atom. The van der Waals surface area contributed by atoms with Crippen molar-refractivity contribution in [3.8, 4) is 5.75 Å². The molecule has 0 radical (unpaired) electrons. The number of fused-ring (bicyclic) bond motifs is 1. The number of carbonyl (C=O) groups is 2. The van der Waals surface area contributed by atoms with E-state index in [1.165, 1.54) is 42.0 Å². The lowest BCUT2D eigenvalue weighted by Gasteiger charge is -2.30. The first kappa shape index (κ1) is 23.7. The summed E-state index contributed by atoms with van der Waals surface area (Å²) in [6.45, 7) is 0.522. The number of aryl methyl sites for hydroxylation is 1. The summed E-state index contributed by atoms with van der Waals surface area (Å²) in [6, 6.07) is 6.29. The molecular formula is C23H28N2O6S2. The second-order valence-electron chi connectivity index (χ2n) is 8.25. The van der Waals surface area contributed by atoms with Crippen LogP contribution in [0, 0.1) is 5.92 Å². The molecule has 2 aromatic rings. The molecular weight excluding hydrogens is 464 g/mol. The molecule has 2 heterocycles. The summed E-state index contributed by atoms with van der Waals surface area (Å²) in [5.41, 5.74) is 1.47. The molecule has 33 heavy (non-hydrogen) atoms. The maximum atomic E-state index is 13.0. The van der Waals surface area contributed by atoms with Crippen molar-refractivity contribution in [3.63, 3.8) is 0 Å². The van der Waals surface area contributed by atoms with Crippen LogP contribution in [0.2, 0.25) is 0 Å². The van der Waals surface area contributed by atoms with Gasteiger partial charge in [0, 0.05) is 23.9 Å². The van der Waals surface area contributed by atoms with Gasteiger partial charge in [0.15, 0.2) is 0 Å². The molecule has 0 saturated carbocycles. The van der Waals surface area contributed by atoms with Gasteiger partial charge in [0.1, 0.15) is 10.8 Å². The quantitative estimate of drug-likeness (QED) is 0.620. The minimum Gasteiger partial charge on any atom is -0.497 e. The molecule has 1 aliphatic heterocycles. The number of ether oxygens (including phenoxy) is 2. The van der Waals surface area contributed by atoms with Gasteiger partial charge >= 0.3 is 5.97 Å². The highest BCUT2D eigenvalue weighted by Crippen LogP contribution is 2.39. The second kappa shape index (κ2) is 9.82. The number of anilines is 1. The highest BCUT2D eigenvalue weighted by atomic mass is 32.2. The van der Waals surface area contributed by atoms with E-state index in [4.69, 9.17) is 9.47 Å². The van der Waals surface area contributed by atoms with E-state index in [9.17, 15) is 18.0 Å². The van der Waals surface area contributed by atoms with E-state index < -0.39 is 16.0 Å². The van der Waals surface area contributed by atoms with Crippen molar-refractivity contribution in [2.45, 2.75) is 43.4 Å². The summed E-state index contributed by atoms with van der Waals surface area (Å²) in [5.74, 6) is -0.340. The number of hydrogen-bond donors (Lipinski definition) is 1. The molecule has 178 valence electrons. The van der Waals surface area contributed by atoms with Crippen LogP contribution in [0.1, 0.15) is 46.5 Å². The van der Waals surface area contributed by atoms with E-state index in [2.05, 4.69) is 5.32 Å². The van der Waals surface area contributed by atoms with Crippen LogP contribution in [0.15, 0.2) is 29.2 Å². The topological polar surface area (TPSA) is 102 Å². The average Bonchev–Trinajstić information content (AvgIpc) is 3.21. The lowest BCUT2D eigenvalue weighted by Crippen LogP contribution is -2.41. The van der Waals surface area contributed by atoms with Gasteiger partial charge in [-0.05, 0) is 68.4 Å². The zero-order chi connectivity index (χ0) is 23.6. The van der Waals surface area contributed by atoms with Gasteiger partial charge in [-0.3, -0.25) is 4.79 Å². The number of sulfonamides is 1. The Morgan fingerprint density at radius 3 is 2.36 bits per heavy atom. The van der Waals surface area contributed by atoms with E-state index in [-0.39, 0.29) is 29.8 Å². The van der Waals surface area contributed by atoms with Crippen LogP contribution in [0.5, 0.6) is 5.75 Å². The third kappa shape index (κ3) is 4.78. The number of hydrogen-bond acceptors (Lipinski definition) is 7. The Balaban J connectivity index is 1.43. The molecule has 4 rings (SSSR count). The summed E-state index contributed by atoms with van der Waals surface area (Å²) >= 11 is 1.45. The highest BCUT2D eigenvalue weighted by Gasteiger charge is 2.33. The summed E-state index contributed by atoms with van der Waals surface area (Å²) in [4.78, 5) is 26.8. The van der Waals surface area contributed by atoms with Gasteiger partial charge < -0.3 is 14.8 Å². The van der Waals surface area contributed by atoms with Crippen molar-refractivity contribution in [1.29, 1.82) is 0 Å². The monoisotopic (exact) mass is 492 g/mol. The number of amides is 1. The molecule has 1 N–H and O–H groups in total. The molecule has 0 bridgehead atoms. The molecule has 0 unspecified atom stereocenters. The molecule has 1 aliphatic carbocycles. The number of thiophene rings is 1. The highest BCUT2D eigenvalue weighted by molar-refractivity contribution is 7.89. The standard InChI is InChI=1S/C23H28N2O6S2/c1-30-16-7-9-17(10-8-16)33(28,29)25-13-11-15(12-14-25)21(26)24-22-20(23(27)31-2)18-5-3-4-6-19(18)32-22/h7-10,15H,3-6,11-14H2,1-2H3,(H,24,26). The van der Waals surface area contributed by atoms with E-state index in [1.54, 1.807) is 12.1 Å². The van der Waals surface area contributed by atoms with Crippen LogP contribution in [0.4, 0.5) is 5.00 Å². The van der Waals surface area contributed by atoms with Crippen molar-refractivity contribution < 1.29 is 27.5 Å². The Hall–Kier alpha value is -2.43. The van der Waals surface area contributed by atoms with Crippen molar-refractivity contribution in [2.24, 2.45) is 5.92 Å². The zero-order valence-electron chi connectivity index (χ0n) is 18.8. The third-order valence-electron chi connectivity index (χ3n) is 6.32. The van der Waals surface area contributed by atoms with Crippen LogP contribution in [-0.2, 0) is 32.4 Å². The number of nitrogens with zero attached hydrogens (tertiary/aromatic N) is 1. The molecule has 0 atom stereocenters. The molecule has 2 aliphatic rings. The Bertz CT molecular complexity index is 1130. The van der Waals surface area contributed by atoms with Crippen LogP contribution in [0.3, 0.4) is 0 Å². The molecule has 1 amide bonds. The van der Waals surface area contributed by atoms with E-state index >= 15 is 0 Å². The minimum absolute atomic E-state index is 0.180. The molecule has 1 fully saturated rings. The van der Waals surface area contributed by atoms with Gasteiger partial charge in [0.2, 0.25) is 15.9 Å². The predicted octanol–water partition coefficient (Wildman–Crippen LogP) is 3.46. The van der Waals surface area contributed by atoms with E-state index in [0.717, 1.165) is 36.1 Å². The molecule has 10 heteroatoms. The van der Waals surface area contributed by atoms with Gasteiger partial charge in [-0.25, -0.2) is 13.2 Å². The summed E-state index contributed by atoms with van der Waals surface area (Å²) in [7, 11) is -0.758. The Morgan fingerprint density at radius 1 is 1.06 bits per heavy atom. The van der Waals surface area contributed by atoms with Gasteiger partial charge in [0.05, 0.1) is 24.7 Å². The van der Waals surface area contributed by atoms with Crippen LogP contribution >= 0.6 is 11.3 Å². The van der Waals surface area contributed by atoms with Crippen LogP contribution in [-0.4, -0.2) is 51.9 Å². The van der Waals surface area contributed by atoms with Crippen LogP contribution in [0.25, 0.3) is 0 Å². The van der Waals surface area contributed by atoms with Crippen molar-refractivity contribution in [2.75, 3.05) is 32.6 Å². The first-order valence-electron chi connectivity index (χ1n) is 11.0. The number of benzene rings is 1. The largest absolute Gasteiger partial charge is 0.497 e.